The highest BCUT2D eigenvalue weighted by molar-refractivity contribution is 5.75. The number of nitrogens with two attached hydrogens (primary N) is 2. The number of allylic oxidation sites excluding steroid dienone is 2. The lowest BCUT2D eigenvalue weighted by Gasteiger charge is -2.13. The maximum atomic E-state index is 5.87. The van der Waals surface area contributed by atoms with E-state index >= 15 is 0 Å². The van der Waals surface area contributed by atoms with Crippen LogP contribution in [0.5, 0.6) is 11.5 Å². The van der Waals surface area contributed by atoms with E-state index < -0.39 is 0 Å². The number of hydrogen-bond donors (Lipinski definition) is 2. The summed E-state index contributed by atoms with van der Waals surface area (Å²) in [6, 6.07) is 18.0. The van der Waals surface area contributed by atoms with Crippen LogP contribution in [-0.2, 0) is 11.2 Å². The molecule has 1 atom stereocenters. The van der Waals surface area contributed by atoms with Gasteiger partial charge >= 0.3 is 0 Å². The number of aliphatic imine (C=N–C) groups is 1. The molecular formula is C31H45N3O3. The summed E-state index contributed by atoms with van der Waals surface area (Å²) in [5.41, 5.74) is 13.5. The number of unbranched alkanes of at least 4 members (excludes halogenated alkanes) is 5. The summed E-state index contributed by atoms with van der Waals surface area (Å²) in [5.74, 6) is 1.84. The van der Waals surface area contributed by atoms with Crippen LogP contribution in [0.25, 0.3) is 0 Å². The van der Waals surface area contributed by atoms with E-state index in [4.69, 9.17) is 25.7 Å². The lowest BCUT2D eigenvalue weighted by Crippen LogP contribution is -2.28. The zero-order valence-corrected chi connectivity index (χ0v) is 22.6. The van der Waals surface area contributed by atoms with Crippen LogP contribution in [-0.4, -0.2) is 38.4 Å². The fraction of sp³-hybridized carbons (Fsp3) is 0.452. The predicted octanol–water partition coefficient (Wildman–Crippen LogP) is 6.21. The number of nitrogens with zero attached hydrogens (tertiary/aromatic N) is 1. The van der Waals surface area contributed by atoms with E-state index in [-0.39, 0.29) is 12.0 Å². The fourth-order valence-corrected chi connectivity index (χ4v) is 3.90. The van der Waals surface area contributed by atoms with Gasteiger partial charge in [-0.3, -0.25) is 0 Å². The van der Waals surface area contributed by atoms with Crippen molar-refractivity contribution in [3.8, 4) is 11.5 Å². The highest BCUT2D eigenvalue weighted by Gasteiger charge is 2.09. The normalized spacial score (nSPS) is 12.4. The Morgan fingerprint density at radius 3 is 2.05 bits per heavy atom. The van der Waals surface area contributed by atoms with Crippen molar-refractivity contribution < 1.29 is 14.2 Å². The Labute approximate surface area is 223 Å². The van der Waals surface area contributed by atoms with Crippen molar-refractivity contribution in [1.82, 2.24) is 0 Å². The minimum absolute atomic E-state index is 0.0505. The summed E-state index contributed by atoms with van der Waals surface area (Å²) in [4.78, 5) is 4.32. The molecular weight excluding hydrogens is 462 g/mol. The van der Waals surface area contributed by atoms with Gasteiger partial charge in [0.15, 0.2) is 5.96 Å². The van der Waals surface area contributed by atoms with Crippen LogP contribution in [0.3, 0.4) is 0 Å². The van der Waals surface area contributed by atoms with Crippen molar-refractivity contribution >= 4 is 5.96 Å². The number of rotatable bonds is 19. The smallest absolute Gasteiger partial charge is 0.186 e. The predicted molar refractivity (Wildman–Crippen MR) is 154 cm³/mol. The van der Waals surface area contributed by atoms with Gasteiger partial charge in [-0.2, -0.15) is 0 Å². The third-order valence-corrected chi connectivity index (χ3v) is 5.89. The van der Waals surface area contributed by atoms with Gasteiger partial charge < -0.3 is 25.7 Å². The van der Waals surface area contributed by atoms with Crippen LogP contribution in [0.4, 0.5) is 0 Å². The van der Waals surface area contributed by atoms with E-state index in [0.717, 1.165) is 56.0 Å². The minimum Gasteiger partial charge on any atom is -0.494 e. The van der Waals surface area contributed by atoms with E-state index in [0.29, 0.717) is 13.2 Å². The molecule has 0 aliphatic rings. The third-order valence-electron chi connectivity index (χ3n) is 5.89. The Balaban J connectivity index is 1.48. The molecule has 0 aliphatic carbocycles. The zero-order valence-electron chi connectivity index (χ0n) is 22.6. The Bertz CT molecular complexity index is 936. The lowest BCUT2D eigenvalue weighted by atomic mass is 10.1. The molecule has 202 valence electrons. The molecule has 6 heteroatoms. The Hall–Kier alpha value is -3.25. The average Bonchev–Trinajstić information content (AvgIpc) is 2.90. The second-order valence-corrected chi connectivity index (χ2v) is 9.07. The average molecular weight is 508 g/mol. The number of benzene rings is 2. The third kappa shape index (κ3) is 14.2. The van der Waals surface area contributed by atoms with E-state index in [1.165, 1.54) is 24.8 Å². The van der Waals surface area contributed by atoms with E-state index in [1.807, 2.05) is 62.4 Å². The first-order valence-corrected chi connectivity index (χ1v) is 13.4. The van der Waals surface area contributed by atoms with Gasteiger partial charge in [-0.1, -0.05) is 74.2 Å². The van der Waals surface area contributed by atoms with Gasteiger partial charge in [-0.25, -0.2) is 4.99 Å². The molecule has 0 amide bonds. The topological polar surface area (TPSA) is 92.1 Å². The first-order chi connectivity index (χ1) is 18.1. The summed E-state index contributed by atoms with van der Waals surface area (Å²) >= 11 is 0. The molecule has 2 rings (SSSR count). The standard InChI is InChI=1S/C31H45N3O3/c1-3-14-26(4-2)24-37-30-19-17-29(18-20-30)36-22-13-8-6-5-7-12-21-35-25-28(34-31(32)33)23-27-15-10-9-11-16-27/h3-4,9-11,14-20,28H,5-8,12-13,21-25H2,1-2H3,(H4,32,33,34)/b14-3-,26-4+. The van der Waals surface area contributed by atoms with Gasteiger partial charge in [0.1, 0.15) is 18.1 Å². The summed E-state index contributed by atoms with van der Waals surface area (Å²) in [6.45, 7) is 6.60. The molecule has 2 aromatic rings. The molecule has 0 aliphatic heterocycles. The molecule has 0 saturated heterocycles. The lowest BCUT2D eigenvalue weighted by molar-refractivity contribution is 0.117. The molecule has 6 nitrogen and oxygen atoms in total. The van der Waals surface area contributed by atoms with E-state index in [2.05, 4.69) is 29.3 Å². The van der Waals surface area contributed by atoms with Crippen molar-refractivity contribution in [2.45, 2.75) is 64.8 Å². The summed E-state index contributed by atoms with van der Waals surface area (Å²) in [6.07, 6.45) is 13.8. The Morgan fingerprint density at radius 1 is 0.811 bits per heavy atom. The Morgan fingerprint density at radius 2 is 1.43 bits per heavy atom. The maximum Gasteiger partial charge on any atom is 0.186 e. The van der Waals surface area contributed by atoms with Gasteiger partial charge in [-0.05, 0) is 68.5 Å². The molecule has 1 unspecified atom stereocenters. The number of hydrogen-bond acceptors (Lipinski definition) is 4. The molecule has 0 aromatic heterocycles. The monoisotopic (exact) mass is 507 g/mol. The Kier molecular flexibility index (Phi) is 15.3. The maximum absolute atomic E-state index is 5.87. The molecule has 0 saturated carbocycles. The van der Waals surface area contributed by atoms with Crippen LogP contribution >= 0.6 is 0 Å². The summed E-state index contributed by atoms with van der Waals surface area (Å²) < 4.78 is 17.6. The van der Waals surface area contributed by atoms with E-state index in [9.17, 15) is 0 Å². The van der Waals surface area contributed by atoms with Gasteiger partial charge in [0.25, 0.3) is 0 Å². The molecule has 0 radical (unpaired) electrons. The fourth-order valence-electron chi connectivity index (χ4n) is 3.90. The van der Waals surface area contributed by atoms with Crippen LogP contribution in [0.2, 0.25) is 0 Å². The van der Waals surface area contributed by atoms with Crippen LogP contribution < -0.4 is 20.9 Å². The van der Waals surface area contributed by atoms with Crippen molar-refractivity contribution in [3.05, 3.63) is 84.0 Å². The molecule has 37 heavy (non-hydrogen) atoms. The van der Waals surface area contributed by atoms with Gasteiger partial charge in [-0.15, -0.1) is 0 Å². The van der Waals surface area contributed by atoms with Crippen molar-refractivity contribution in [2.24, 2.45) is 16.5 Å². The second-order valence-electron chi connectivity index (χ2n) is 9.07. The number of guanidine groups is 1. The zero-order chi connectivity index (χ0) is 26.6. The summed E-state index contributed by atoms with van der Waals surface area (Å²) in [5, 5.41) is 0. The van der Waals surface area contributed by atoms with Gasteiger partial charge in [0.2, 0.25) is 0 Å². The first kappa shape index (κ1) is 30.0. The quantitative estimate of drug-likeness (QED) is 0.102. The van der Waals surface area contributed by atoms with E-state index in [1.54, 1.807) is 0 Å². The molecule has 0 bridgehead atoms. The largest absolute Gasteiger partial charge is 0.494 e. The molecule has 0 spiro atoms. The SMILES string of the molecule is C/C=C\C(=C/C)COc1ccc(OCCCCCCCCOCC(Cc2ccccc2)N=C(N)N)cc1. The minimum atomic E-state index is -0.0505. The van der Waals surface area contributed by atoms with Crippen molar-refractivity contribution in [1.29, 1.82) is 0 Å². The highest BCUT2D eigenvalue weighted by atomic mass is 16.5. The van der Waals surface area contributed by atoms with Crippen LogP contribution in [0, 0.1) is 0 Å². The first-order valence-electron chi connectivity index (χ1n) is 13.4. The molecule has 4 N–H and O–H groups in total. The van der Waals surface area contributed by atoms with Crippen LogP contribution in [0.15, 0.2) is 83.4 Å². The van der Waals surface area contributed by atoms with Gasteiger partial charge in [0.05, 0.1) is 19.3 Å². The highest BCUT2D eigenvalue weighted by Crippen LogP contribution is 2.19. The second kappa shape index (κ2) is 18.9. The molecule has 2 aromatic carbocycles. The summed E-state index contributed by atoms with van der Waals surface area (Å²) in [7, 11) is 0. The molecule has 0 fully saturated rings. The number of ether oxygens (including phenoxy) is 3. The van der Waals surface area contributed by atoms with Crippen molar-refractivity contribution in [3.63, 3.8) is 0 Å². The van der Waals surface area contributed by atoms with Crippen LogP contribution in [0.1, 0.15) is 57.9 Å². The van der Waals surface area contributed by atoms with Crippen molar-refractivity contribution in [2.75, 3.05) is 26.4 Å². The van der Waals surface area contributed by atoms with Gasteiger partial charge in [0, 0.05) is 6.61 Å². The molecule has 0 heterocycles.